The van der Waals surface area contributed by atoms with Crippen LogP contribution in [0.4, 0.5) is 8.78 Å². The first-order valence-corrected chi connectivity index (χ1v) is 12.0. The van der Waals surface area contributed by atoms with E-state index >= 15 is 0 Å². The number of rotatable bonds is 6. The van der Waals surface area contributed by atoms with Gasteiger partial charge in [0.2, 0.25) is 21.8 Å². The van der Waals surface area contributed by atoms with Gasteiger partial charge in [0.1, 0.15) is 6.42 Å². The van der Waals surface area contributed by atoms with Gasteiger partial charge in [-0.05, 0) is 56.3 Å². The zero-order valence-electron chi connectivity index (χ0n) is 14.7. The average Bonchev–Trinajstić information content (AvgIpc) is 2.41. The highest BCUT2D eigenvalue weighted by atomic mass is 32.3. The van der Waals surface area contributed by atoms with Crippen molar-refractivity contribution in [2.45, 2.75) is 50.2 Å². The maximum absolute atomic E-state index is 13.9. The number of amides is 2. The van der Waals surface area contributed by atoms with Gasteiger partial charge in [0.05, 0.1) is 11.7 Å². The lowest BCUT2D eigenvalue weighted by molar-refractivity contribution is -0.150. The fourth-order valence-electron chi connectivity index (χ4n) is 5.23. The predicted molar refractivity (Wildman–Crippen MR) is 90.2 cm³/mol. The molecule has 4 aliphatic rings. The van der Waals surface area contributed by atoms with Crippen molar-refractivity contribution >= 4 is 31.9 Å². The lowest BCUT2D eigenvalue weighted by atomic mass is 9.49. The van der Waals surface area contributed by atoms with Crippen molar-refractivity contribution in [3.63, 3.8) is 0 Å². The van der Waals surface area contributed by atoms with Crippen LogP contribution in [0, 0.1) is 23.2 Å². The minimum Gasteiger partial charge on any atom is -0.296 e. The molecular formula is C15H22F2N2O6S2. The smallest absolute Gasteiger partial charge is 0.296 e. The second-order valence-electron chi connectivity index (χ2n) is 8.25. The van der Waals surface area contributed by atoms with Gasteiger partial charge in [-0.3, -0.25) is 14.9 Å². The van der Waals surface area contributed by atoms with Gasteiger partial charge in [-0.15, -0.1) is 4.13 Å². The summed E-state index contributed by atoms with van der Waals surface area (Å²) in [6, 6.07) is 0. The Kier molecular flexibility index (Phi) is 4.92. The Balaban J connectivity index is 1.66. The minimum atomic E-state index is -5.64. The topological polar surface area (TPSA) is 126 Å². The summed E-state index contributed by atoms with van der Waals surface area (Å²) < 4.78 is 73.5. The second-order valence-corrected chi connectivity index (χ2v) is 12.1. The highest BCUT2D eigenvalue weighted by Crippen LogP contribution is 2.60. The van der Waals surface area contributed by atoms with E-state index in [1.54, 1.807) is 0 Å². The van der Waals surface area contributed by atoms with E-state index in [4.69, 9.17) is 0 Å². The lowest BCUT2D eigenvalue weighted by Gasteiger charge is -2.55. The highest BCUT2D eigenvalue weighted by Gasteiger charge is 2.55. The summed E-state index contributed by atoms with van der Waals surface area (Å²) in [5.74, 6) is -0.871. The van der Waals surface area contributed by atoms with Crippen molar-refractivity contribution in [1.29, 1.82) is 0 Å². The van der Waals surface area contributed by atoms with Crippen LogP contribution in [0.25, 0.3) is 0 Å². The van der Waals surface area contributed by atoms with E-state index in [-0.39, 0.29) is 0 Å². The molecule has 0 spiro atoms. The van der Waals surface area contributed by atoms with E-state index in [9.17, 15) is 35.2 Å². The average molecular weight is 428 g/mol. The van der Waals surface area contributed by atoms with Crippen LogP contribution in [0.2, 0.25) is 0 Å². The van der Waals surface area contributed by atoms with Gasteiger partial charge in [0, 0.05) is 0 Å². The molecule has 0 saturated heterocycles. The summed E-state index contributed by atoms with van der Waals surface area (Å²) in [5, 5.41) is -2.75. The standard InChI is InChI=1S/C15H22F2N2O6S2/c1-26(22,23)19-27(24,25)15(16,17)8-12(20)18-13(21)14-5-9-2-10(6-14)4-11(3-9)7-14/h9-11,19H,2-8H2,1H3,(H,18,20,21). The van der Waals surface area contributed by atoms with Crippen LogP contribution in [0.1, 0.15) is 44.9 Å². The molecule has 0 aromatic carbocycles. The quantitative estimate of drug-likeness (QED) is 0.642. The molecule has 2 N–H and O–H groups in total. The van der Waals surface area contributed by atoms with Crippen molar-refractivity contribution in [2.24, 2.45) is 23.2 Å². The number of hydrogen-bond donors (Lipinski definition) is 2. The third kappa shape index (κ3) is 4.16. The minimum absolute atomic E-state index is 0.400. The Morgan fingerprint density at radius 2 is 1.44 bits per heavy atom. The molecule has 0 atom stereocenters. The fourth-order valence-corrected chi connectivity index (χ4v) is 7.64. The molecule has 2 amide bonds. The van der Waals surface area contributed by atoms with Crippen LogP contribution < -0.4 is 9.44 Å². The van der Waals surface area contributed by atoms with Crippen LogP contribution in [-0.4, -0.2) is 40.2 Å². The largest absolute Gasteiger partial charge is 0.368 e. The molecule has 4 saturated carbocycles. The summed E-state index contributed by atoms with van der Waals surface area (Å²) in [6.07, 6.45) is 3.55. The number of sulfonamides is 2. The van der Waals surface area contributed by atoms with Gasteiger partial charge >= 0.3 is 5.25 Å². The normalized spacial score (nSPS) is 33.1. The third-order valence-corrected chi connectivity index (χ3v) is 8.81. The number of carbonyl (C=O) groups is 2. The van der Waals surface area contributed by atoms with Crippen LogP contribution >= 0.6 is 0 Å². The van der Waals surface area contributed by atoms with Crippen LogP contribution in [0.5, 0.6) is 0 Å². The van der Waals surface area contributed by atoms with Crippen LogP contribution in [-0.2, 0) is 29.6 Å². The van der Waals surface area contributed by atoms with E-state index < -0.39 is 49.0 Å². The first-order valence-electron chi connectivity index (χ1n) is 8.67. The number of nitrogens with one attached hydrogen (secondary N) is 2. The predicted octanol–water partition coefficient (Wildman–Crippen LogP) is 0.707. The lowest BCUT2D eigenvalue weighted by Crippen LogP contribution is -2.55. The Morgan fingerprint density at radius 3 is 1.85 bits per heavy atom. The van der Waals surface area contributed by atoms with Gasteiger partial charge < -0.3 is 0 Å². The zero-order valence-corrected chi connectivity index (χ0v) is 16.3. The van der Waals surface area contributed by atoms with Crippen molar-refractivity contribution in [2.75, 3.05) is 6.26 Å². The molecule has 4 bridgehead atoms. The van der Waals surface area contributed by atoms with E-state index in [0.717, 1.165) is 23.4 Å². The van der Waals surface area contributed by atoms with E-state index in [2.05, 4.69) is 0 Å². The molecule has 0 aromatic rings. The molecule has 0 heterocycles. The SMILES string of the molecule is CS(=O)(=O)NS(=O)(=O)C(F)(F)CC(=O)NC(=O)C12CC3CC(CC(C3)C1)C2. The summed E-state index contributed by atoms with van der Waals surface area (Å²) in [6.45, 7) is 0. The number of halogens is 2. The van der Waals surface area contributed by atoms with Crippen LogP contribution in [0.15, 0.2) is 0 Å². The first kappa shape index (κ1) is 20.6. The molecule has 0 aromatic heterocycles. The van der Waals surface area contributed by atoms with Gasteiger partial charge in [-0.25, -0.2) is 16.8 Å². The molecular weight excluding hydrogens is 406 g/mol. The van der Waals surface area contributed by atoms with E-state index in [0.29, 0.717) is 43.3 Å². The molecule has 0 unspecified atom stereocenters. The van der Waals surface area contributed by atoms with Crippen molar-refractivity contribution in [3.05, 3.63) is 0 Å². The monoisotopic (exact) mass is 428 g/mol. The maximum Gasteiger partial charge on any atom is 0.368 e. The molecule has 0 aliphatic heterocycles. The van der Waals surface area contributed by atoms with Crippen molar-refractivity contribution in [3.8, 4) is 0 Å². The Morgan fingerprint density at radius 1 is 1.00 bits per heavy atom. The Labute approximate surface area is 156 Å². The van der Waals surface area contributed by atoms with Gasteiger partial charge in [-0.1, -0.05) is 0 Å². The molecule has 4 rings (SSSR count). The molecule has 4 aliphatic carbocycles. The molecule has 12 heteroatoms. The van der Waals surface area contributed by atoms with Gasteiger partial charge in [-0.2, -0.15) is 8.78 Å². The van der Waals surface area contributed by atoms with E-state index in [1.807, 2.05) is 5.32 Å². The number of hydrogen-bond acceptors (Lipinski definition) is 6. The molecule has 8 nitrogen and oxygen atoms in total. The van der Waals surface area contributed by atoms with Gasteiger partial charge in [0.25, 0.3) is 10.0 Å². The van der Waals surface area contributed by atoms with Crippen LogP contribution in [0.3, 0.4) is 0 Å². The third-order valence-electron chi connectivity index (χ3n) is 5.79. The molecule has 154 valence electrons. The summed E-state index contributed by atoms with van der Waals surface area (Å²) in [7, 11) is -10.1. The van der Waals surface area contributed by atoms with Crippen molar-refractivity contribution < 1.29 is 35.2 Å². The second kappa shape index (κ2) is 6.45. The zero-order chi connectivity index (χ0) is 20.3. The van der Waals surface area contributed by atoms with Gasteiger partial charge in [0.15, 0.2) is 0 Å². The Bertz CT molecular complexity index is 833. The highest BCUT2D eigenvalue weighted by molar-refractivity contribution is 8.04. The number of carbonyl (C=O) groups excluding carboxylic acids is 2. The molecule has 27 heavy (non-hydrogen) atoms. The van der Waals surface area contributed by atoms with E-state index in [1.165, 1.54) is 0 Å². The number of imide groups is 1. The summed E-state index contributed by atoms with van der Waals surface area (Å²) >= 11 is 0. The Hall–Kier alpha value is -1.14. The van der Waals surface area contributed by atoms with Crippen molar-refractivity contribution in [1.82, 2.24) is 9.44 Å². The summed E-state index contributed by atoms with van der Waals surface area (Å²) in [5.41, 5.74) is -0.746. The summed E-state index contributed by atoms with van der Waals surface area (Å²) in [4.78, 5) is 24.6. The number of alkyl halides is 2. The molecule has 4 fully saturated rings. The molecule has 0 radical (unpaired) electrons. The fraction of sp³-hybridized carbons (Fsp3) is 0.867. The maximum atomic E-state index is 13.9. The first-order chi connectivity index (χ1) is 12.2.